The molecule has 0 saturated carbocycles. The highest BCUT2D eigenvalue weighted by atomic mass is 31.2. The van der Waals surface area contributed by atoms with Gasteiger partial charge in [-0.1, -0.05) is 51.9 Å². The molecule has 0 aliphatic carbocycles. The van der Waals surface area contributed by atoms with Crippen LogP contribution in [-0.4, -0.2) is 64.9 Å². The second-order valence-corrected chi connectivity index (χ2v) is 8.65. The Bertz CT molecular complexity index is 586. The van der Waals surface area contributed by atoms with Crippen molar-refractivity contribution in [2.24, 2.45) is 0 Å². The van der Waals surface area contributed by atoms with Crippen LogP contribution in [0.2, 0.25) is 0 Å². The number of aliphatic hydroxyl groups is 1. The minimum absolute atomic E-state index is 0.147. The Labute approximate surface area is 183 Å². The van der Waals surface area contributed by atoms with E-state index in [4.69, 9.17) is 0 Å². The summed E-state index contributed by atoms with van der Waals surface area (Å²) >= 11 is 0. The van der Waals surface area contributed by atoms with Gasteiger partial charge in [0.15, 0.2) is 6.04 Å². The molecular weight excluding hydrogens is 433 g/mol. The molecule has 0 rings (SSSR count). The molecule has 3 unspecified atom stereocenters. The van der Waals surface area contributed by atoms with E-state index >= 15 is 0 Å². The van der Waals surface area contributed by atoms with Crippen molar-refractivity contribution in [2.75, 3.05) is 19.8 Å². The summed E-state index contributed by atoms with van der Waals surface area (Å²) in [4.78, 5) is 43.4. The number of nitrogens with one attached hydrogen (secondary N) is 1. The third-order valence-corrected chi connectivity index (χ3v) is 5.15. The molecule has 0 aromatic rings. The van der Waals surface area contributed by atoms with Crippen molar-refractivity contribution in [1.82, 2.24) is 5.32 Å². The lowest BCUT2D eigenvalue weighted by molar-refractivity contribution is -0.144. The van der Waals surface area contributed by atoms with Gasteiger partial charge in [-0.2, -0.15) is 0 Å². The van der Waals surface area contributed by atoms with Crippen LogP contribution < -0.4 is 5.32 Å². The molecule has 4 N–H and O–H groups in total. The predicted octanol–water partition coefficient (Wildman–Crippen LogP) is 2.14. The van der Waals surface area contributed by atoms with Gasteiger partial charge in [0.1, 0.15) is 12.7 Å². The molecule has 182 valence electrons. The number of phosphoric acid groups is 1. The molecule has 0 spiro atoms. The van der Waals surface area contributed by atoms with E-state index in [2.05, 4.69) is 26.0 Å². The Morgan fingerprint density at radius 3 is 2.03 bits per heavy atom. The van der Waals surface area contributed by atoms with Gasteiger partial charge in [-0.25, -0.2) is 9.36 Å². The van der Waals surface area contributed by atoms with Crippen LogP contribution in [0.1, 0.15) is 71.6 Å². The molecular formula is C19H36NO10P. The number of unbranched alkanes of at least 4 members (excludes halogenated alkanes) is 7. The van der Waals surface area contributed by atoms with Gasteiger partial charge in [-0.3, -0.25) is 18.6 Å². The lowest BCUT2D eigenvalue weighted by Gasteiger charge is -2.18. The summed E-state index contributed by atoms with van der Waals surface area (Å²) < 4.78 is 25.4. The molecule has 0 fully saturated rings. The number of aliphatic hydroxyl groups excluding tert-OH is 1. The normalized spacial score (nSPS) is 15.0. The molecule has 0 heterocycles. The summed E-state index contributed by atoms with van der Waals surface area (Å²) in [7, 11) is -4.69. The van der Waals surface area contributed by atoms with Gasteiger partial charge in [-0.15, -0.1) is 0 Å². The smallest absolute Gasteiger partial charge is 0.472 e. The van der Waals surface area contributed by atoms with E-state index in [1.54, 1.807) is 0 Å². The van der Waals surface area contributed by atoms with E-state index in [1.165, 1.54) is 25.7 Å². The van der Waals surface area contributed by atoms with E-state index < -0.39 is 57.6 Å². The second kappa shape index (κ2) is 17.1. The van der Waals surface area contributed by atoms with Crippen LogP contribution in [0.4, 0.5) is 0 Å². The van der Waals surface area contributed by atoms with Crippen LogP contribution >= 0.6 is 7.82 Å². The van der Waals surface area contributed by atoms with Crippen molar-refractivity contribution in [3.8, 4) is 0 Å². The maximum Gasteiger partial charge on any atom is 0.472 e. The second-order valence-electron chi connectivity index (χ2n) is 7.20. The Morgan fingerprint density at radius 2 is 1.48 bits per heavy atom. The first-order valence-electron chi connectivity index (χ1n) is 10.5. The highest BCUT2D eigenvalue weighted by molar-refractivity contribution is 7.47. The standard InChI is InChI=1S/C19H36NO10P/c1-3-4-5-6-7-8-9-10-11-18(23)20-17(19(24)25)14-30-31(26,27)29-13-16(22)12-28-15(2)21/h16-17,22H,3-14H2,1-2H3,(H,20,23)(H,24,25)(H,26,27). The topological polar surface area (TPSA) is 169 Å². The Balaban J connectivity index is 4.18. The van der Waals surface area contributed by atoms with Crippen LogP contribution in [0.15, 0.2) is 0 Å². The van der Waals surface area contributed by atoms with Gasteiger partial charge in [0.05, 0.1) is 13.2 Å². The summed E-state index contributed by atoms with van der Waals surface area (Å²) in [6.07, 6.45) is 7.17. The SMILES string of the molecule is CCCCCCCCCCC(=O)NC(COP(=O)(O)OCC(O)COC(C)=O)C(=O)O. The van der Waals surface area contributed by atoms with E-state index in [0.29, 0.717) is 6.42 Å². The molecule has 0 aliphatic heterocycles. The first kappa shape index (κ1) is 29.5. The van der Waals surface area contributed by atoms with Crippen LogP contribution in [0.3, 0.4) is 0 Å². The number of hydrogen-bond acceptors (Lipinski definition) is 8. The zero-order chi connectivity index (χ0) is 23.7. The van der Waals surface area contributed by atoms with Crippen LogP contribution in [0, 0.1) is 0 Å². The van der Waals surface area contributed by atoms with E-state index in [1.807, 2.05) is 0 Å². The average Bonchev–Trinajstić information content (AvgIpc) is 2.69. The van der Waals surface area contributed by atoms with Crippen molar-refractivity contribution in [1.29, 1.82) is 0 Å². The van der Waals surface area contributed by atoms with Crippen molar-refractivity contribution in [2.45, 2.75) is 83.8 Å². The number of aliphatic carboxylic acids is 1. The number of carboxylic acids is 1. The molecule has 12 heteroatoms. The summed E-state index contributed by atoms with van der Waals surface area (Å²) in [5.74, 6) is -2.57. The fourth-order valence-corrected chi connectivity index (χ4v) is 3.28. The maximum absolute atomic E-state index is 11.9. The minimum atomic E-state index is -4.69. The number of amides is 1. The van der Waals surface area contributed by atoms with E-state index in [9.17, 15) is 34.1 Å². The third kappa shape index (κ3) is 17.8. The fraction of sp³-hybridized carbons (Fsp3) is 0.842. The quantitative estimate of drug-likeness (QED) is 0.125. The van der Waals surface area contributed by atoms with Gasteiger partial charge in [-0.05, 0) is 6.42 Å². The number of esters is 1. The molecule has 3 atom stereocenters. The summed E-state index contributed by atoms with van der Waals surface area (Å²) in [6, 6.07) is -1.53. The summed E-state index contributed by atoms with van der Waals surface area (Å²) in [5.41, 5.74) is 0. The maximum atomic E-state index is 11.9. The van der Waals surface area contributed by atoms with Gasteiger partial charge < -0.3 is 25.2 Å². The first-order chi connectivity index (χ1) is 14.6. The van der Waals surface area contributed by atoms with Crippen molar-refractivity contribution >= 4 is 25.7 Å². The molecule has 0 aromatic heterocycles. The first-order valence-corrected chi connectivity index (χ1v) is 12.0. The van der Waals surface area contributed by atoms with E-state index in [0.717, 1.165) is 26.2 Å². The van der Waals surface area contributed by atoms with Gasteiger partial charge >= 0.3 is 19.8 Å². The number of ether oxygens (including phenoxy) is 1. The number of carbonyl (C=O) groups excluding carboxylic acids is 2. The zero-order valence-electron chi connectivity index (χ0n) is 18.3. The predicted molar refractivity (Wildman–Crippen MR) is 111 cm³/mol. The Morgan fingerprint density at radius 1 is 0.935 bits per heavy atom. The molecule has 0 saturated heterocycles. The molecule has 0 radical (unpaired) electrons. The van der Waals surface area contributed by atoms with Gasteiger partial charge in [0, 0.05) is 13.3 Å². The van der Waals surface area contributed by atoms with Crippen molar-refractivity contribution in [3.63, 3.8) is 0 Å². The van der Waals surface area contributed by atoms with Crippen LogP contribution in [0.5, 0.6) is 0 Å². The molecule has 31 heavy (non-hydrogen) atoms. The van der Waals surface area contributed by atoms with E-state index in [-0.39, 0.29) is 6.42 Å². The average molecular weight is 469 g/mol. The molecule has 0 bridgehead atoms. The van der Waals surface area contributed by atoms with Gasteiger partial charge in [0.2, 0.25) is 5.91 Å². The number of carbonyl (C=O) groups is 3. The van der Waals surface area contributed by atoms with Gasteiger partial charge in [0.25, 0.3) is 0 Å². The molecule has 11 nitrogen and oxygen atoms in total. The highest BCUT2D eigenvalue weighted by Crippen LogP contribution is 2.43. The fourth-order valence-electron chi connectivity index (χ4n) is 2.51. The Kier molecular flexibility index (Phi) is 16.2. The van der Waals surface area contributed by atoms with Crippen LogP contribution in [0.25, 0.3) is 0 Å². The lowest BCUT2D eigenvalue weighted by atomic mass is 10.1. The summed E-state index contributed by atoms with van der Waals surface area (Å²) in [5, 5.41) is 20.9. The largest absolute Gasteiger partial charge is 0.480 e. The van der Waals surface area contributed by atoms with Crippen molar-refractivity contribution < 1.29 is 47.8 Å². The molecule has 1 amide bonds. The lowest BCUT2D eigenvalue weighted by Crippen LogP contribution is -2.43. The summed E-state index contributed by atoms with van der Waals surface area (Å²) in [6.45, 7) is 1.36. The third-order valence-electron chi connectivity index (χ3n) is 4.20. The zero-order valence-corrected chi connectivity index (χ0v) is 19.2. The van der Waals surface area contributed by atoms with Crippen molar-refractivity contribution in [3.05, 3.63) is 0 Å². The highest BCUT2D eigenvalue weighted by Gasteiger charge is 2.28. The number of carboxylic acid groups (broad SMARTS) is 1. The Hall–Kier alpha value is -1.52. The number of hydrogen-bond donors (Lipinski definition) is 4. The minimum Gasteiger partial charge on any atom is -0.480 e. The number of phosphoric ester groups is 1. The molecule has 0 aliphatic rings. The molecule has 0 aromatic carbocycles. The number of rotatable bonds is 19. The van der Waals surface area contributed by atoms with Crippen LogP contribution in [-0.2, 0) is 32.7 Å². The monoisotopic (exact) mass is 469 g/mol.